The molecule has 0 aromatic rings. The number of rotatable bonds is 12. The number of methoxy groups -OCH3 is 1. The van der Waals surface area contributed by atoms with Gasteiger partial charge in [0.25, 0.3) is 0 Å². The van der Waals surface area contributed by atoms with Gasteiger partial charge in [0.1, 0.15) is 0 Å². The first-order valence-electron chi connectivity index (χ1n) is 7.88. The minimum Gasteiger partial charge on any atom is -0.385 e. The lowest BCUT2D eigenvalue weighted by Crippen LogP contribution is -2.43. The molecular formula is C16H36N2O. The Morgan fingerprint density at radius 2 is 1.84 bits per heavy atom. The van der Waals surface area contributed by atoms with Crippen LogP contribution in [0.5, 0.6) is 0 Å². The van der Waals surface area contributed by atoms with Gasteiger partial charge in [0.05, 0.1) is 0 Å². The highest BCUT2D eigenvalue weighted by Gasteiger charge is 2.27. The van der Waals surface area contributed by atoms with Gasteiger partial charge in [0.2, 0.25) is 0 Å². The molecule has 0 aliphatic heterocycles. The minimum absolute atomic E-state index is 0.413. The van der Waals surface area contributed by atoms with Gasteiger partial charge >= 0.3 is 0 Å². The smallest absolute Gasteiger partial charge is 0.0474 e. The maximum atomic E-state index is 5.13. The van der Waals surface area contributed by atoms with Crippen LogP contribution < -0.4 is 5.32 Å². The Labute approximate surface area is 121 Å². The SMILES string of the molecule is CCC(CC)(CNCC(C)C)CN(C)CCCOC. The van der Waals surface area contributed by atoms with Crippen molar-refractivity contribution in [3.05, 3.63) is 0 Å². The van der Waals surface area contributed by atoms with Gasteiger partial charge < -0.3 is 15.0 Å². The van der Waals surface area contributed by atoms with E-state index in [0.717, 1.165) is 38.6 Å². The van der Waals surface area contributed by atoms with Gasteiger partial charge in [-0.15, -0.1) is 0 Å². The Morgan fingerprint density at radius 1 is 1.21 bits per heavy atom. The summed E-state index contributed by atoms with van der Waals surface area (Å²) in [7, 11) is 4.01. The molecule has 0 saturated heterocycles. The first kappa shape index (κ1) is 18.9. The molecule has 0 aliphatic rings. The van der Waals surface area contributed by atoms with E-state index in [-0.39, 0.29) is 0 Å². The van der Waals surface area contributed by atoms with Crippen LogP contribution in [0, 0.1) is 11.3 Å². The summed E-state index contributed by atoms with van der Waals surface area (Å²) < 4.78 is 5.13. The van der Waals surface area contributed by atoms with Crippen LogP contribution in [0.3, 0.4) is 0 Å². The van der Waals surface area contributed by atoms with E-state index in [2.05, 4.69) is 45.0 Å². The summed E-state index contributed by atoms with van der Waals surface area (Å²) in [5.41, 5.74) is 0.413. The molecule has 0 aromatic heterocycles. The van der Waals surface area contributed by atoms with E-state index >= 15 is 0 Å². The summed E-state index contributed by atoms with van der Waals surface area (Å²) >= 11 is 0. The highest BCUT2D eigenvalue weighted by molar-refractivity contribution is 4.82. The molecule has 0 heterocycles. The second-order valence-electron chi connectivity index (χ2n) is 6.32. The first-order chi connectivity index (χ1) is 8.99. The van der Waals surface area contributed by atoms with Gasteiger partial charge in [-0.2, -0.15) is 0 Å². The van der Waals surface area contributed by atoms with Crippen molar-refractivity contribution < 1.29 is 4.74 Å². The molecule has 0 radical (unpaired) electrons. The lowest BCUT2D eigenvalue weighted by Gasteiger charge is -2.36. The van der Waals surface area contributed by atoms with Gasteiger partial charge in [-0.05, 0) is 44.2 Å². The molecule has 0 aliphatic carbocycles. The van der Waals surface area contributed by atoms with Gasteiger partial charge in [0, 0.05) is 33.4 Å². The summed E-state index contributed by atoms with van der Waals surface area (Å²) in [5, 5.41) is 3.65. The average Bonchev–Trinajstić information content (AvgIpc) is 2.37. The summed E-state index contributed by atoms with van der Waals surface area (Å²) in [4.78, 5) is 2.46. The van der Waals surface area contributed by atoms with Crippen molar-refractivity contribution in [1.29, 1.82) is 0 Å². The van der Waals surface area contributed by atoms with Crippen molar-refractivity contribution in [1.82, 2.24) is 10.2 Å². The Kier molecular flexibility index (Phi) is 10.6. The van der Waals surface area contributed by atoms with Crippen molar-refractivity contribution >= 4 is 0 Å². The van der Waals surface area contributed by atoms with E-state index in [0.29, 0.717) is 5.41 Å². The molecule has 0 unspecified atom stereocenters. The summed E-state index contributed by atoms with van der Waals surface area (Å²) in [6.45, 7) is 14.6. The topological polar surface area (TPSA) is 24.5 Å². The molecule has 0 aromatic carbocycles. The monoisotopic (exact) mass is 272 g/mol. The molecule has 0 fully saturated rings. The molecule has 0 saturated carbocycles. The quantitative estimate of drug-likeness (QED) is 0.553. The Hall–Kier alpha value is -0.120. The van der Waals surface area contributed by atoms with Crippen LogP contribution in [0.2, 0.25) is 0 Å². The van der Waals surface area contributed by atoms with Crippen LogP contribution in [0.25, 0.3) is 0 Å². The Bertz CT molecular complexity index is 203. The fraction of sp³-hybridized carbons (Fsp3) is 1.00. The zero-order chi connectivity index (χ0) is 14.7. The highest BCUT2D eigenvalue weighted by Crippen LogP contribution is 2.26. The van der Waals surface area contributed by atoms with Crippen molar-refractivity contribution in [3.8, 4) is 0 Å². The second-order valence-corrected chi connectivity index (χ2v) is 6.32. The predicted octanol–water partition coefficient (Wildman–Crippen LogP) is 3.01. The molecular weight excluding hydrogens is 236 g/mol. The first-order valence-corrected chi connectivity index (χ1v) is 7.88. The van der Waals surface area contributed by atoms with E-state index < -0.39 is 0 Å². The van der Waals surface area contributed by atoms with Crippen molar-refractivity contribution in [2.24, 2.45) is 11.3 Å². The number of ether oxygens (including phenoxy) is 1. The highest BCUT2D eigenvalue weighted by atomic mass is 16.5. The van der Waals surface area contributed by atoms with Gasteiger partial charge in [0.15, 0.2) is 0 Å². The van der Waals surface area contributed by atoms with Crippen molar-refractivity contribution in [3.63, 3.8) is 0 Å². The third kappa shape index (κ3) is 8.61. The van der Waals surface area contributed by atoms with Gasteiger partial charge in [-0.1, -0.05) is 27.7 Å². The zero-order valence-electron chi connectivity index (χ0n) is 14.1. The van der Waals surface area contributed by atoms with Gasteiger partial charge in [-0.3, -0.25) is 0 Å². The molecule has 3 heteroatoms. The van der Waals surface area contributed by atoms with E-state index in [1.807, 2.05) is 0 Å². The van der Waals surface area contributed by atoms with E-state index in [4.69, 9.17) is 4.74 Å². The van der Waals surface area contributed by atoms with Crippen molar-refractivity contribution in [2.45, 2.75) is 47.0 Å². The average molecular weight is 272 g/mol. The predicted molar refractivity (Wildman–Crippen MR) is 84.7 cm³/mol. The summed E-state index contributed by atoms with van der Waals surface area (Å²) in [6, 6.07) is 0. The third-order valence-electron chi connectivity index (χ3n) is 4.05. The number of hydrogen-bond donors (Lipinski definition) is 1. The van der Waals surface area contributed by atoms with Crippen LogP contribution in [-0.4, -0.2) is 51.8 Å². The fourth-order valence-corrected chi connectivity index (χ4v) is 2.54. The maximum absolute atomic E-state index is 5.13. The zero-order valence-corrected chi connectivity index (χ0v) is 14.1. The lowest BCUT2D eigenvalue weighted by atomic mass is 9.81. The number of hydrogen-bond acceptors (Lipinski definition) is 3. The van der Waals surface area contributed by atoms with Crippen LogP contribution in [0.4, 0.5) is 0 Å². The molecule has 0 spiro atoms. The van der Waals surface area contributed by atoms with Crippen molar-refractivity contribution in [2.75, 3.05) is 46.9 Å². The fourth-order valence-electron chi connectivity index (χ4n) is 2.54. The molecule has 116 valence electrons. The second kappa shape index (κ2) is 10.6. The Morgan fingerprint density at radius 3 is 2.32 bits per heavy atom. The third-order valence-corrected chi connectivity index (χ3v) is 4.05. The molecule has 3 nitrogen and oxygen atoms in total. The minimum atomic E-state index is 0.413. The maximum Gasteiger partial charge on any atom is 0.0474 e. The van der Waals surface area contributed by atoms with Crippen LogP contribution in [0.15, 0.2) is 0 Å². The van der Waals surface area contributed by atoms with Crippen LogP contribution in [0.1, 0.15) is 47.0 Å². The number of nitrogens with zero attached hydrogens (tertiary/aromatic N) is 1. The summed E-state index contributed by atoms with van der Waals surface area (Å²) in [6.07, 6.45) is 3.60. The van der Waals surface area contributed by atoms with Crippen LogP contribution in [-0.2, 0) is 4.74 Å². The van der Waals surface area contributed by atoms with E-state index in [1.54, 1.807) is 7.11 Å². The number of nitrogens with one attached hydrogen (secondary N) is 1. The van der Waals surface area contributed by atoms with Crippen LogP contribution >= 0.6 is 0 Å². The normalized spacial score (nSPS) is 12.6. The van der Waals surface area contributed by atoms with E-state index in [9.17, 15) is 0 Å². The molecule has 0 amide bonds. The van der Waals surface area contributed by atoms with Gasteiger partial charge in [-0.25, -0.2) is 0 Å². The Balaban J connectivity index is 4.19. The standard InChI is InChI=1S/C16H36N2O/c1-7-16(8-2,13-17-12-15(3)4)14-18(5)10-9-11-19-6/h15,17H,7-14H2,1-6H3. The largest absolute Gasteiger partial charge is 0.385 e. The summed E-state index contributed by atoms with van der Waals surface area (Å²) in [5.74, 6) is 0.728. The molecule has 0 rings (SSSR count). The molecule has 1 N–H and O–H groups in total. The molecule has 0 atom stereocenters. The molecule has 0 bridgehead atoms. The molecule has 19 heavy (non-hydrogen) atoms. The lowest BCUT2D eigenvalue weighted by molar-refractivity contribution is 0.135. The van der Waals surface area contributed by atoms with E-state index in [1.165, 1.54) is 19.4 Å².